The summed E-state index contributed by atoms with van der Waals surface area (Å²) in [7, 11) is 0. The highest BCUT2D eigenvalue weighted by Gasteiger charge is 2.12. The van der Waals surface area contributed by atoms with Crippen LogP contribution < -0.4 is 0 Å². The van der Waals surface area contributed by atoms with Crippen LogP contribution in [0, 0.1) is 0 Å². The number of fused-ring (bicyclic) bond motifs is 3. The lowest BCUT2D eigenvalue weighted by Gasteiger charge is -2.04. The zero-order valence-electron chi connectivity index (χ0n) is 14.7. The van der Waals surface area contributed by atoms with Crippen LogP contribution >= 0.6 is 11.3 Å². The number of thiophene rings is 1. The Hall–Kier alpha value is -2.12. The lowest BCUT2D eigenvalue weighted by atomic mass is 10.00. The second-order valence-corrected chi connectivity index (χ2v) is 7.20. The highest BCUT2D eigenvalue weighted by Crippen LogP contribution is 2.36. The predicted molar refractivity (Wildman–Crippen MR) is 111 cm³/mol. The van der Waals surface area contributed by atoms with Crippen LogP contribution in [0.2, 0.25) is 0 Å². The van der Waals surface area contributed by atoms with Crippen molar-refractivity contribution in [1.29, 1.82) is 0 Å². The average molecular weight is 333 g/mol. The molecule has 1 aliphatic rings. The Kier molecular flexibility index (Phi) is 5.32. The van der Waals surface area contributed by atoms with E-state index in [1.807, 2.05) is 11.3 Å². The van der Waals surface area contributed by atoms with Gasteiger partial charge in [-0.05, 0) is 73.4 Å². The monoisotopic (exact) mass is 332 g/mol. The summed E-state index contributed by atoms with van der Waals surface area (Å²) < 4.78 is 1.40. The number of aryl methyl sites for hydroxylation is 1. The molecule has 0 bridgehead atoms. The number of benzene rings is 1. The first-order valence-electron chi connectivity index (χ1n) is 8.59. The smallest absolute Gasteiger partial charge is 0.0357 e. The zero-order valence-corrected chi connectivity index (χ0v) is 15.5. The van der Waals surface area contributed by atoms with Crippen LogP contribution in [0.1, 0.15) is 43.2 Å². The minimum Gasteiger partial charge on any atom is -0.136 e. The van der Waals surface area contributed by atoms with Gasteiger partial charge in [0.25, 0.3) is 0 Å². The summed E-state index contributed by atoms with van der Waals surface area (Å²) in [6.07, 6.45) is 19.8. The highest BCUT2D eigenvalue weighted by atomic mass is 32.1. The summed E-state index contributed by atoms with van der Waals surface area (Å²) >= 11 is 1.91. The van der Waals surface area contributed by atoms with Crippen molar-refractivity contribution in [3.8, 4) is 0 Å². The quantitative estimate of drug-likeness (QED) is 0.514. The molecular formula is C23H24S. The van der Waals surface area contributed by atoms with Crippen LogP contribution in [0.4, 0.5) is 0 Å². The van der Waals surface area contributed by atoms with Crippen molar-refractivity contribution in [3.63, 3.8) is 0 Å². The Labute approximate surface area is 149 Å². The van der Waals surface area contributed by atoms with E-state index in [1.54, 1.807) is 0 Å². The second kappa shape index (κ2) is 7.63. The summed E-state index contributed by atoms with van der Waals surface area (Å²) in [6.45, 7) is 6.27. The molecule has 0 spiro atoms. The SMILES string of the molecule is C\C=C/C(C)=C(/C=C\c1ccc2c3c(sc2c1)C=CCC3)\C=C\C. The van der Waals surface area contributed by atoms with Crippen molar-refractivity contribution in [3.05, 3.63) is 81.8 Å². The maximum Gasteiger partial charge on any atom is 0.0357 e. The fourth-order valence-electron chi connectivity index (χ4n) is 3.13. The molecule has 2 aromatic rings. The van der Waals surface area contributed by atoms with Gasteiger partial charge in [0.1, 0.15) is 0 Å². The Morgan fingerprint density at radius 3 is 2.71 bits per heavy atom. The Morgan fingerprint density at radius 1 is 1.08 bits per heavy atom. The normalized spacial score (nSPS) is 15.8. The molecule has 1 heterocycles. The molecule has 0 saturated carbocycles. The zero-order chi connectivity index (χ0) is 16.9. The molecule has 0 saturated heterocycles. The van der Waals surface area contributed by atoms with Crippen molar-refractivity contribution in [1.82, 2.24) is 0 Å². The topological polar surface area (TPSA) is 0 Å². The van der Waals surface area contributed by atoms with E-state index in [9.17, 15) is 0 Å². The molecule has 1 aromatic carbocycles. The van der Waals surface area contributed by atoms with E-state index in [0.717, 1.165) is 0 Å². The lowest BCUT2D eigenvalue weighted by Crippen LogP contribution is -1.88. The van der Waals surface area contributed by atoms with Gasteiger partial charge in [-0.2, -0.15) is 0 Å². The molecule has 1 aliphatic carbocycles. The standard InChI is InChI=1S/C23H24S/c1-4-8-17(3)19(9-5-2)14-12-18-13-15-21-20-10-6-7-11-22(20)24-23(21)16-18/h4-5,7-9,11-16H,6,10H2,1-3H3/b8-4-,9-5+,14-12-,19-17+. The molecule has 122 valence electrons. The number of hydrogen-bond donors (Lipinski definition) is 0. The molecule has 0 radical (unpaired) electrons. The Bertz CT molecular complexity index is 882. The van der Waals surface area contributed by atoms with Crippen molar-refractivity contribution in [2.75, 3.05) is 0 Å². The third-order valence-corrected chi connectivity index (χ3v) is 5.51. The maximum absolute atomic E-state index is 2.32. The van der Waals surface area contributed by atoms with Crippen LogP contribution in [-0.2, 0) is 6.42 Å². The van der Waals surface area contributed by atoms with Gasteiger partial charge in [0.2, 0.25) is 0 Å². The van der Waals surface area contributed by atoms with Gasteiger partial charge in [-0.15, -0.1) is 11.3 Å². The second-order valence-electron chi connectivity index (χ2n) is 6.11. The minimum absolute atomic E-state index is 1.17. The van der Waals surface area contributed by atoms with Gasteiger partial charge in [0, 0.05) is 9.58 Å². The fourth-order valence-corrected chi connectivity index (χ4v) is 4.36. The average Bonchev–Trinajstić information content (AvgIpc) is 2.96. The highest BCUT2D eigenvalue weighted by molar-refractivity contribution is 7.20. The summed E-state index contributed by atoms with van der Waals surface area (Å²) in [4.78, 5) is 1.44. The van der Waals surface area contributed by atoms with Gasteiger partial charge >= 0.3 is 0 Å². The molecule has 0 amide bonds. The van der Waals surface area contributed by atoms with E-state index in [-0.39, 0.29) is 0 Å². The van der Waals surface area contributed by atoms with Gasteiger partial charge < -0.3 is 0 Å². The van der Waals surface area contributed by atoms with Crippen molar-refractivity contribution >= 4 is 33.6 Å². The van der Waals surface area contributed by atoms with E-state index in [2.05, 4.69) is 87.6 Å². The van der Waals surface area contributed by atoms with Crippen molar-refractivity contribution in [2.45, 2.75) is 33.6 Å². The number of hydrogen-bond acceptors (Lipinski definition) is 1. The van der Waals surface area contributed by atoms with Crippen LogP contribution in [0.3, 0.4) is 0 Å². The van der Waals surface area contributed by atoms with Crippen LogP contribution in [0.25, 0.3) is 22.2 Å². The van der Waals surface area contributed by atoms with E-state index in [0.29, 0.717) is 0 Å². The fraction of sp³-hybridized carbons (Fsp3) is 0.217. The summed E-state index contributed by atoms with van der Waals surface area (Å²) in [6, 6.07) is 6.85. The number of allylic oxidation sites excluding steroid dienone is 8. The first-order valence-corrected chi connectivity index (χ1v) is 9.41. The van der Waals surface area contributed by atoms with E-state index < -0.39 is 0 Å². The molecule has 0 nitrogen and oxygen atoms in total. The van der Waals surface area contributed by atoms with E-state index >= 15 is 0 Å². The van der Waals surface area contributed by atoms with Crippen LogP contribution in [-0.4, -0.2) is 0 Å². The molecule has 0 N–H and O–H groups in total. The van der Waals surface area contributed by atoms with Gasteiger partial charge in [0.15, 0.2) is 0 Å². The third-order valence-electron chi connectivity index (χ3n) is 4.35. The minimum atomic E-state index is 1.17. The molecule has 0 atom stereocenters. The molecular weight excluding hydrogens is 308 g/mol. The number of rotatable bonds is 4. The molecule has 0 aliphatic heterocycles. The van der Waals surface area contributed by atoms with Crippen LogP contribution in [0.5, 0.6) is 0 Å². The Morgan fingerprint density at radius 2 is 1.92 bits per heavy atom. The molecule has 24 heavy (non-hydrogen) atoms. The van der Waals surface area contributed by atoms with E-state index in [4.69, 9.17) is 0 Å². The Balaban J connectivity index is 1.95. The maximum atomic E-state index is 2.32. The van der Waals surface area contributed by atoms with Gasteiger partial charge in [-0.1, -0.05) is 54.7 Å². The van der Waals surface area contributed by atoms with E-state index in [1.165, 1.54) is 50.1 Å². The molecule has 0 fully saturated rings. The van der Waals surface area contributed by atoms with Gasteiger partial charge in [-0.3, -0.25) is 0 Å². The molecule has 3 rings (SSSR count). The lowest BCUT2D eigenvalue weighted by molar-refractivity contribution is 1.01. The molecule has 1 aromatic heterocycles. The first kappa shape index (κ1) is 16.7. The largest absolute Gasteiger partial charge is 0.136 e. The predicted octanol–water partition coefficient (Wildman–Crippen LogP) is 7.34. The first-order chi connectivity index (χ1) is 11.7. The summed E-state index contributed by atoms with van der Waals surface area (Å²) in [5, 5.41) is 1.44. The van der Waals surface area contributed by atoms with Crippen molar-refractivity contribution in [2.24, 2.45) is 0 Å². The van der Waals surface area contributed by atoms with Crippen molar-refractivity contribution < 1.29 is 0 Å². The molecule has 1 heteroatoms. The third kappa shape index (κ3) is 3.52. The van der Waals surface area contributed by atoms with Crippen LogP contribution in [0.15, 0.2) is 65.8 Å². The summed E-state index contributed by atoms with van der Waals surface area (Å²) in [5.74, 6) is 0. The van der Waals surface area contributed by atoms with Gasteiger partial charge in [-0.25, -0.2) is 0 Å². The van der Waals surface area contributed by atoms with Gasteiger partial charge in [0.05, 0.1) is 0 Å². The molecule has 0 unspecified atom stereocenters. The summed E-state index contributed by atoms with van der Waals surface area (Å²) in [5.41, 5.74) is 5.33.